The van der Waals surface area contributed by atoms with Crippen LogP contribution >= 0.6 is 11.8 Å². The predicted molar refractivity (Wildman–Crippen MR) is 57.4 cm³/mol. The minimum absolute atomic E-state index is 0.168. The van der Waals surface area contributed by atoms with Gasteiger partial charge < -0.3 is 11.1 Å². The van der Waals surface area contributed by atoms with Crippen LogP contribution in [0.3, 0.4) is 0 Å². The number of rotatable bonds is 5. The average Bonchev–Trinajstić information content (AvgIpc) is 2.13. The Morgan fingerprint density at radius 1 is 1.77 bits per heavy atom. The minimum atomic E-state index is -0.570. The van der Waals surface area contributed by atoms with E-state index in [-0.39, 0.29) is 5.91 Å². The highest BCUT2D eigenvalue weighted by Gasteiger charge is 2.11. The number of nitrogens with two attached hydrogens (primary N) is 1. The van der Waals surface area contributed by atoms with Crippen molar-refractivity contribution in [3.05, 3.63) is 0 Å². The van der Waals surface area contributed by atoms with Gasteiger partial charge in [0.2, 0.25) is 5.91 Å². The van der Waals surface area contributed by atoms with Crippen molar-refractivity contribution in [1.29, 1.82) is 0 Å². The zero-order chi connectivity index (χ0) is 10.3. The molecule has 0 rings (SSSR count). The molecule has 3 nitrogen and oxygen atoms in total. The van der Waals surface area contributed by atoms with Crippen molar-refractivity contribution in [2.75, 3.05) is 12.8 Å². The Balaban J connectivity index is 3.69. The first-order chi connectivity index (χ1) is 6.11. The summed E-state index contributed by atoms with van der Waals surface area (Å²) in [4.78, 5) is 11.2. The van der Waals surface area contributed by atoms with Crippen molar-refractivity contribution < 1.29 is 4.79 Å². The molecule has 2 unspecified atom stereocenters. The molecule has 0 spiro atoms. The monoisotopic (exact) mass is 200 g/mol. The van der Waals surface area contributed by atoms with E-state index in [0.717, 1.165) is 0 Å². The van der Waals surface area contributed by atoms with Crippen LogP contribution in [-0.4, -0.2) is 30.0 Å². The highest BCUT2D eigenvalue weighted by Crippen LogP contribution is 2.02. The Hall–Kier alpha value is -0.660. The molecule has 13 heavy (non-hydrogen) atoms. The minimum Gasteiger partial charge on any atom is -0.354 e. The molecule has 2 atom stereocenters. The van der Waals surface area contributed by atoms with Crippen LogP contribution in [0.15, 0.2) is 0 Å². The number of carbonyl (C=O) groups is 1. The van der Waals surface area contributed by atoms with Crippen LogP contribution in [0.4, 0.5) is 0 Å². The molecule has 0 aliphatic heterocycles. The maximum Gasteiger partial charge on any atom is 0.237 e. The van der Waals surface area contributed by atoms with E-state index >= 15 is 0 Å². The zero-order valence-corrected chi connectivity index (χ0v) is 8.86. The summed E-state index contributed by atoms with van der Waals surface area (Å²) in [6.45, 7) is 2.68. The molecule has 0 saturated heterocycles. The summed E-state index contributed by atoms with van der Waals surface area (Å²) < 4.78 is 0. The SMILES string of the molecule is C#CCC(N)C(=O)NCC(C)SC. The van der Waals surface area contributed by atoms with Crippen molar-refractivity contribution in [2.24, 2.45) is 5.73 Å². The first kappa shape index (κ1) is 12.3. The molecule has 0 bridgehead atoms. The highest BCUT2D eigenvalue weighted by atomic mass is 32.2. The second-order valence-corrected chi connectivity index (χ2v) is 4.08. The van der Waals surface area contributed by atoms with Gasteiger partial charge in [0.05, 0.1) is 6.04 Å². The third kappa shape index (κ3) is 5.56. The van der Waals surface area contributed by atoms with Crippen LogP contribution < -0.4 is 11.1 Å². The van der Waals surface area contributed by atoms with Gasteiger partial charge in [-0.25, -0.2) is 0 Å². The van der Waals surface area contributed by atoms with E-state index in [2.05, 4.69) is 11.2 Å². The lowest BCUT2D eigenvalue weighted by atomic mass is 10.2. The summed E-state index contributed by atoms with van der Waals surface area (Å²) >= 11 is 1.70. The highest BCUT2D eigenvalue weighted by molar-refractivity contribution is 7.99. The molecule has 0 aliphatic carbocycles. The maximum absolute atomic E-state index is 11.2. The van der Waals surface area contributed by atoms with Crippen LogP contribution in [-0.2, 0) is 4.79 Å². The van der Waals surface area contributed by atoms with Gasteiger partial charge in [-0.05, 0) is 6.26 Å². The number of hydrogen-bond donors (Lipinski definition) is 2. The third-order valence-electron chi connectivity index (χ3n) is 1.64. The van der Waals surface area contributed by atoms with Crippen LogP contribution in [0, 0.1) is 12.3 Å². The standard InChI is InChI=1S/C9H16N2OS/c1-4-5-8(10)9(12)11-6-7(2)13-3/h1,7-8H,5-6,10H2,2-3H3,(H,11,12). The van der Waals surface area contributed by atoms with Gasteiger partial charge >= 0.3 is 0 Å². The summed E-state index contributed by atoms with van der Waals surface area (Å²) in [7, 11) is 0. The molecular formula is C9H16N2OS. The van der Waals surface area contributed by atoms with Gasteiger partial charge in [-0.15, -0.1) is 12.3 Å². The van der Waals surface area contributed by atoms with E-state index in [9.17, 15) is 4.79 Å². The fourth-order valence-corrected chi connectivity index (χ4v) is 0.928. The molecule has 0 saturated carbocycles. The van der Waals surface area contributed by atoms with E-state index in [4.69, 9.17) is 12.2 Å². The summed E-state index contributed by atoms with van der Waals surface area (Å²) in [6.07, 6.45) is 7.32. The summed E-state index contributed by atoms with van der Waals surface area (Å²) in [5.41, 5.74) is 5.49. The molecule has 0 fully saturated rings. The van der Waals surface area contributed by atoms with Gasteiger partial charge in [-0.1, -0.05) is 6.92 Å². The number of thioether (sulfide) groups is 1. The lowest BCUT2D eigenvalue weighted by molar-refractivity contribution is -0.122. The molecule has 1 amide bonds. The molecule has 74 valence electrons. The molecule has 0 aromatic carbocycles. The first-order valence-electron chi connectivity index (χ1n) is 4.11. The van der Waals surface area contributed by atoms with E-state index in [1.165, 1.54) is 0 Å². The molecule has 0 aromatic rings. The third-order valence-corrected chi connectivity index (χ3v) is 2.61. The summed E-state index contributed by atoms with van der Waals surface area (Å²) in [5.74, 6) is 2.19. The molecule has 4 heteroatoms. The maximum atomic E-state index is 11.2. The van der Waals surface area contributed by atoms with E-state index in [1.54, 1.807) is 11.8 Å². The smallest absolute Gasteiger partial charge is 0.237 e. The van der Waals surface area contributed by atoms with E-state index in [0.29, 0.717) is 18.2 Å². The number of terminal acetylenes is 1. The van der Waals surface area contributed by atoms with Crippen LogP contribution in [0.2, 0.25) is 0 Å². The van der Waals surface area contributed by atoms with Crippen LogP contribution in [0.25, 0.3) is 0 Å². The fraction of sp³-hybridized carbons (Fsp3) is 0.667. The Kier molecular flexibility index (Phi) is 6.47. The lowest BCUT2D eigenvalue weighted by Gasteiger charge is -2.12. The van der Waals surface area contributed by atoms with Crippen molar-refractivity contribution in [3.63, 3.8) is 0 Å². The van der Waals surface area contributed by atoms with Gasteiger partial charge in [-0.3, -0.25) is 4.79 Å². The second-order valence-electron chi connectivity index (χ2n) is 2.81. The molecule has 0 aromatic heterocycles. The first-order valence-corrected chi connectivity index (χ1v) is 5.40. The fourth-order valence-electron chi connectivity index (χ4n) is 0.678. The molecular weight excluding hydrogens is 184 g/mol. The summed E-state index contributed by atoms with van der Waals surface area (Å²) in [5, 5.41) is 3.14. The van der Waals surface area contributed by atoms with Crippen LogP contribution in [0.1, 0.15) is 13.3 Å². The largest absolute Gasteiger partial charge is 0.354 e. The van der Waals surface area contributed by atoms with Crippen molar-refractivity contribution in [2.45, 2.75) is 24.6 Å². The van der Waals surface area contributed by atoms with Crippen molar-refractivity contribution in [3.8, 4) is 12.3 Å². The van der Waals surface area contributed by atoms with Gasteiger partial charge in [0.1, 0.15) is 0 Å². The molecule has 3 N–H and O–H groups in total. The van der Waals surface area contributed by atoms with Gasteiger partial charge in [0.25, 0.3) is 0 Å². The average molecular weight is 200 g/mol. The molecule has 0 radical (unpaired) electrons. The number of nitrogens with one attached hydrogen (secondary N) is 1. The molecule has 0 aliphatic rings. The summed E-state index contributed by atoms with van der Waals surface area (Å²) in [6, 6.07) is -0.570. The number of carbonyl (C=O) groups excluding carboxylic acids is 1. The lowest BCUT2D eigenvalue weighted by Crippen LogP contribution is -2.42. The Morgan fingerprint density at radius 3 is 2.85 bits per heavy atom. The van der Waals surface area contributed by atoms with Crippen LogP contribution in [0.5, 0.6) is 0 Å². The second kappa shape index (κ2) is 6.81. The zero-order valence-electron chi connectivity index (χ0n) is 8.04. The van der Waals surface area contributed by atoms with Gasteiger partial charge in [0.15, 0.2) is 0 Å². The van der Waals surface area contributed by atoms with Crippen molar-refractivity contribution in [1.82, 2.24) is 5.32 Å². The van der Waals surface area contributed by atoms with Gasteiger partial charge in [0, 0.05) is 18.2 Å². The molecule has 0 heterocycles. The Bertz CT molecular complexity index is 200. The topological polar surface area (TPSA) is 55.1 Å². The van der Waals surface area contributed by atoms with Crippen molar-refractivity contribution >= 4 is 17.7 Å². The quantitative estimate of drug-likeness (QED) is 0.624. The van der Waals surface area contributed by atoms with E-state index in [1.807, 2.05) is 13.2 Å². The normalized spacial score (nSPS) is 14.3. The number of amides is 1. The number of hydrogen-bond acceptors (Lipinski definition) is 3. The Morgan fingerprint density at radius 2 is 2.38 bits per heavy atom. The van der Waals surface area contributed by atoms with E-state index < -0.39 is 6.04 Å². The predicted octanol–water partition coefficient (Wildman–Crippen LogP) is 0.205. The van der Waals surface area contributed by atoms with Gasteiger partial charge in [-0.2, -0.15) is 11.8 Å². The Labute approximate surface area is 83.8 Å².